The molecule has 2 aliphatic rings. The summed E-state index contributed by atoms with van der Waals surface area (Å²) in [6.07, 6.45) is -3.47. The number of aliphatic hydroxyl groups is 2. The molecule has 0 spiro atoms. The van der Waals surface area contributed by atoms with E-state index >= 15 is 4.39 Å². The maximum absolute atomic E-state index is 15.6. The number of rotatable bonds is 32. The number of hydrogen-bond acceptors (Lipinski definition) is 24. The maximum Gasteiger partial charge on any atom is 0.459 e. The van der Waals surface area contributed by atoms with Crippen LogP contribution in [-0.4, -0.2) is 151 Å². The molecule has 4 aromatic heterocycles. The number of carbonyl (C=O) groups excluding carboxylic acids is 4. The fraction of sp³-hybridized carbons (Fsp3) is 0.533. The molecule has 0 unspecified atom stereocenters. The van der Waals surface area contributed by atoms with Crippen LogP contribution in [0.25, 0.3) is 11.0 Å². The number of benzene rings is 2. The minimum Gasteiger partial charge on any atom is -0.464 e. The van der Waals surface area contributed by atoms with Crippen molar-refractivity contribution in [1.29, 1.82) is 0 Å². The SMILES string of the molecule is CCC(=O)O[C@H]1[C@H](c2ccc3c(N)ncnn23)O[C@](CF)(CO[P@@](=O)(N[C@@H](C)C(=O)OCC(CC)CC)Oc2ccccc2)[C@H]1OC(=O)CC.CCC(CC)COC(=O)[C@H](C)N[P@](=O)(OC[C@@]1(CF)O[C@@H](c2ccc3c(N)ncnn23)[C@H](O)[C@@H]1O)Oc1ccccc1. The Morgan fingerprint density at radius 3 is 1.46 bits per heavy atom. The lowest BCUT2D eigenvalue weighted by Crippen LogP contribution is -2.52. The molecule has 2 fully saturated rings. The van der Waals surface area contributed by atoms with E-state index in [2.05, 4.69) is 30.3 Å². The topological polar surface area (TPSA) is 372 Å². The van der Waals surface area contributed by atoms with Gasteiger partial charge in [0.2, 0.25) is 0 Å². The van der Waals surface area contributed by atoms with Gasteiger partial charge in [0.25, 0.3) is 0 Å². The predicted molar refractivity (Wildman–Crippen MR) is 329 cm³/mol. The number of para-hydroxylation sites is 2. The lowest BCUT2D eigenvalue weighted by molar-refractivity contribution is -0.174. The molecule has 92 heavy (non-hydrogen) atoms. The summed E-state index contributed by atoms with van der Waals surface area (Å²) in [7, 11) is -8.98. The number of halogens is 2. The molecule has 0 saturated carbocycles. The predicted octanol–water partition coefficient (Wildman–Crippen LogP) is 7.87. The normalized spacial score (nSPS) is 23.2. The van der Waals surface area contributed by atoms with E-state index in [0.29, 0.717) is 11.0 Å². The Labute approximate surface area is 530 Å². The highest BCUT2D eigenvalue weighted by atomic mass is 31.2. The monoisotopic (exact) mass is 1330 g/mol. The Morgan fingerprint density at radius 2 is 1.03 bits per heavy atom. The van der Waals surface area contributed by atoms with E-state index in [1.807, 2.05) is 27.7 Å². The van der Waals surface area contributed by atoms with Crippen LogP contribution in [-0.2, 0) is 65.8 Å². The molecule has 6 heterocycles. The quantitative estimate of drug-likeness (QED) is 0.0133. The van der Waals surface area contributed by atoms with Gasteiger partial charge in [-0.1, -0.05) is 104 Å². The van der Waals surface area contributed by atoms with Gasteiger partial charge in [-0.3, -0.25) is 28.2 Å². The fourth-order valence-corrected chi connectivity index (χ4v) is 13.0. The number of ether oxygens (including phenoxy) is 6. The molecule has 2 aromatic carbocycles. The Morgan fingerprint density at radius 1 is 0.620 bits per heavy atom. The maximum atomic E-state index is 15.6. The van der Waals surface area contributed by atoms with Crippen molar-refractivity contribution in [3.05, 3.63) is 109 Å². The minimum absolute atomic E-state index is 0.0594. The molecule has 8 rings (SSSR count). The highest BCUT2D eigenvalue weighted by molar-refractivity contribution is 7.52. The lowest BCUT2D eigenvalue weighted by Gasteiger charge is -2.33. The van der Waals surface area contributed by atoms with Gasteiger partial charge in [0.15, 0.2) is 29.4 Å². The third-order valence-corrected chi connectivity index (χ3v) is 19.0. The molecule has 32 heteroatoms. The number of nitrogens with one attached hydrogen (secondary N) is 2. The van der Waals surface area contributed by atoms with E-state index in [1.54, 1.807) is 67.6 Å². The van der Waals surface area contributed by atoms with Gasteiger partial charge in [-0.15, -0.1) is 0 Å². The van der Waals surface area contributed by atoms with E-state index in [4.69, 9.17) is 58.0 Å². The molecule has 0 aliphatic carbocycles. The number of aromatic nitrogens is 6. The molecule has 28 nitrogen and oxygen atoms in total. The molecule has 504 valence electrons. The summed E-state index contributed by atoms with van der Waals surface area (Å²) in [5, 5.41) is 35.3. The lowest BCUT2D eigenvalue weighted by atomic mass is 9.95. The number of fused-ring (bicyclic) bond motifs is 2. The second kappa shape index (κ2) is 32.5. The highest BCUT2D eigenvalue weighted by Gasteiger charge is 2.62. The Bertz CT molecular complexity index is 3500. The molecule has 0 radical (unpaired) electrons. The van der Waals surface area contributed by atoms with Crippen LogP contribution in [0.3, 0.4) is 0 Å². The van der Waals surface area contributed by atoms with Crippen molar-refractivity contribution in [1.82, 2.24) is 39.4 Å². The van der Waals surface area contributed by atoms with Gasteiger partial charge in [-0.05, 0) is 74.2 Å². The molecular weight excluding hydrogens is 1250 g/mol. The second-order valence-corrected chi connectivity index (χ2v) is 25.4. The minimum atomic E-state index is -4.56. The van der Waals surface area contributed by atoms with Crippen LogP contribution in [0.5, 0.6) is 11.5 Å². The van der Waals surface area contributed by atoms with Gasteiger partial charge < -0.3 is 59.1 Å². The van der Waals surface area contributed by atoms with Crippen molar-refractivity contribution in [3.8, 4) is 11.5 Å². The molecular formula is C60H82F2N10O18P2. The largest absolute Gasteiger partial charge is 0.464 e. The van der Waals surface area contributed by atoms with Crippen molar-refractivity contribution in [3.63, 3.8) is 0 Å². The molecule has 8 N–H and O–H groups in total. The van der Waals surface area contributed by atoms with E-state index < -0.39 is 126 Å². The van der Waals surface area contributed by atoms with Crippen LogP contribution >= 0.6 is 15.5 Å². The molecule has 12 atom stereocenters. The van der Waals surface area contributed by atoms with Crippen LogP contribution in [0.1, 0.15) is 118 Å². The van der Waals surface area contributed by atoms with Gasteiger partial charge in [-0.25, -0.2) is 36.9 Å². The van der Waals surface area contributed by atoms with Crippen LogP contribution in [0.15, 0.2) is 97.6 Å². The van der Waals surface area contributed by atoms with Crippen molar-refractivity contribution < 1.29 is 93.8 Å². The zero-order chi connectivity index (χ0) is 67.0. The first kappa shape index (κ1) is 72.2. The number of esters is 4. The van der Waals surface area contributed by atoms with Gasteiger partial charge in [0.05, 0.1) is 37.8 Å². The first-order chi connectivity index (χ1) is 44.0. The number of nitrogens with zero attached hydrogens (tertiary/aromatic N) is 6. The summed E-state index contributed by atoms with van der Waals surface area (Å²) in [5.41, 5.74) is 8.92. The van der Waals surface area contributed by atoms with E-state index in [9.17, 15) is 42.9 Å². The summed E-state index contributed by atoms with van der Waals surface area (Å²) in [4.78, 5) is 59.0. The third kappa shape index (κ3) is 17.3. The van der Waals surface area contributed by atoms with Crippen LogP contribution in [0.2, 0.25) is 0 Å². The number of nitrogens with two attached hydrogens (primary N) is 2. The zero-order valence-corrected chi connectivity index (χ0v) is 54.2. The molecule has 0 bridgehead atoms. The van der Waals surface area contributed by atoms with Gasteiger partial charge in [-0.2, -0.15) is 20.4 Å². The molecule has 2 aliphatic heterocycles. The standard InChI is InChI=1S/C33H45FN5O10P.C27H37FN5O8P/c1-6-22(7-2)17-44-32(42)21(5)38-50(43,49-23-13-11-10-12-14-23)45-19-33(18-34)30(47-27(41)9-4)29(46-26(40)8-3)28(48-33)24-15-16-25-31(35)36-20-37-39(24)25;1-4-18(5-2)13-38-26(36)17(3)32-42(37,41-19-9-7-6-8-10-19)39-15-27(14-28)24(35)22(34)23(40-27)20-11-12-21-25(29)30-16-31-33(20)21/h10-16,20-22,28-30H,6-9,17-19H2,1-5H3,(H,38,43)(H2,35,36,37);6-12,16-18,22-24,34-35H,4-5,13-15H2,1-3H3,(H,32,37)(H2,29,30,31)/t21-,28-,29-,30-,33+,50-;17-,22-,23-,24-,27+,42-/m00/s1. The molecule has 6 aromatic rings. The van der Waals surface area contributed by atoms with Crippen LogP contribution in [0.4, 0.5) is 20.4 Å². The average Bonchev–Trinajstić information content (AvgIpc) is 1.60. The first-order valence-corrected chi connectivity index (χ1v) is 33.3. The van der Waals surface area contributed by atoms with Crippen molar-refractivity contribution in [2.45, 2.75) is 154 Å². The van der Waals surface area contributed by atoms with Gasteiger partial charge >= 0.3 is 39.4 Å². The molecule has 2 saturated heterocycles. The average molecular weight is 1330 g/mol. The number of hydrogen-bond donors (Lipinski definition) is 6. The van der Waals surface area contributed by atoms with Crippen molar-refractivity contribution in [2.75, 3.05) is 51.2 Å². The fourth-order valence-electron chi connectivity index (χ4n) is 9.93. The summed E-state index contributed by atoms with van der Waals surface area (Å²) < 4.78 is 119. The number of anilines is 2. The summed E-state index contributed by atoms with van der Waals surface area (Å²) >= 11 is 0. The summed E-state index contributed by atoms with van der Waals surface area (Å²) in [6.45, 7) is 9.90. The van der Waals surface area contributed by atoms with Crippen LogP contribution in [0, 0.1) is 11.8 Å². The summed E-state index contributed by atoms with van der Waals surface area (Å²) in [5.74, 6) is -1.96. The zero-order valence-electron chi connectivity index (χ0n) is 52.4. The van der Waals surface area contributed by atoms with E-state index in [-0.39, 0.29) is 72.4 Å². The number of aliphatic hydroxyl groups excluding tert-OH is 2. The van der Waals surface area contributed by atoms with Gasteiger partial charge in [0.1, 0.15) is 90.6 Å². The molecule has 0 amide bonds. The highest BCUT2D eigenvalue weighted by Crippen LogP contribution is 2.52. The number of nitrogen functional groups attached to an aromatic ring is 2. The Hall–Kier alpha value is -7.24. The van der Waals surface area contributed by atoms with Crippen molar-refractivity contribution in [2.24, 2.45) is 11.8 Å². The van der Waals surface area contributed by atoms with Crippen molar-refractivity contribution >= 4 is 62.0 Å². The van der Waals surface area contributed by atoms with Gasteiger partial charge in [0, 0.05) is 12.8 Å². The first-order valence-electron chi connectivity index (χ1n) is 30.2. The Kier molecular flexibility index (Phi) is 25.5. The smallest absolute Gasteiger partial charge is 0.459 e. The Balaban J connectivity index is 0.000000265. The van der Waals surface area contributed by atoms with Crippen LogP contribution < -0.4 is 30.7 Å². The summed E-state index contributed by atoms with van der Waals surface area (Å²) in [6, 6.07) is 20.0. The number of alkyl halides is 2. The number of carbonyl (C=O) groups is 4. The van der Waals surface area contributed by atoms with E-state index in [1.165, 1.54) is 66.7 Å². The third-order valence-electron chi connectivity index (χ3n) is 15.7. The van der Waals surface area contributed by atoms with E-state index in [0.717, 1.165) is 25.7 Å². The second-order valence-electron chi connectivity index (χ2n) is 22.1.